The van der Waals surface area contributed by atoms with Gasteiger partial charge in [-0.2, -0.15) is 8.42 Å². The fourth-order valence-corrected chi connectivity index (χ4v) is 11.4. The summed E-state index contributed by atoms with van der Waals surface area (Å²) in [5, 5.41) is 21.8. The number of allylic oxidation sites excluding steroid dienone is 2. The summed E-state index contributed by atoms with van der Waals surface area (Å²) in [5.41, 5.74) is -2.30. The standard InChI is InChI=1S/C30H46O8S/c1-25(2)20-8-11-29(6)23(28(20,5)10-9-22(25)38-39(35,36)37)19(31)14-17-18-15-26(3,24(33)34)12-13-27(18,4)21(32)16-30(17,29)7/h14,18,20-23,32H,8-13,15-16H2,1-7H3,(H,33,34)(H,35,36,37)/t18-,20-,21+,22-,23+,26-,27-,28-,29+,30+/m0/s1. The Balaban J connectivity index is 1.60. The molecule has 0 radical (unpaired) electrons. The largest absolute Gasteiger partial charge is 0.481 e. The van der Waals surface area contributed by atoms with Crippen molar-refractivity contribution in [1.82, 2.24) is 0 Å². The Morgan fingerprint density at radius 2 is 1.59 bits per heavy atom. The van der Waals surface area contributed by atoms with Gasteiger partial charge in [0.05, 0.1) is 17.6 Å². The highest BCUT2D eigenvalue weighted by Crippen LogP contribution is 2.75. The lowest BCUT2D eigenvalue weighted by Crippen LogP contribution is -2.68. The Morgan fingerprint density at radius 3 is 2.18 bits per heavy atom. The van der Waals surface area contributed by atoms with Crippen LogP contribution < -0.4 is 0 Å². The second-order valence-corrected chi connectivity index (χ2v) is 16.6. The van der Waals surface area contributed by atoms with Gasteiger partial charge in [-0.15, -0.1) is 0 Å². The number of carbonyl (C=O) groups is 2. The molecule has 39 heavy (non-hydrogen) atoms. The lowest BCUT2D eigenvalue weighted by molar-refractivity contribution is -0.209. The molecule has 8 nitrogen and oxygen atoms in total. The molecule has 5 aliphatic carbocycles. The molecule has 0 aromatic rings. The third-order valence-electron chi connectivity index (χ3n) is 13.4. The molecule has 0 unspecified atom stereocenters. The highest BCUT2D eigenvalue weighted by atomic mass is 32.3. The molecule has 0 heterocycles. The van der Waals surface area contributed by atoms with E-state index in [1.165, 1.54) is 0 Å². The van der Waals surface area contributed by atoms with Gasteiger partial charge in [-0.3, -0.25) is 14.1 Å². The number of aliphatic hydroxyl groups is 1. The average Bonchev–Trinajstić information content (AvgIpc) is 2.78. The van der Waals surface area contributed by atoms with Crippen LogP contribution in [0.5, 0.6) is 0 Å². The molecule has 5 rings (SSSR count). The van der Waals surface area contributed by atoms with Gasteiger partial charge in [0.15, 0.2) is 5.78 Å². The Morgan fingerprint density at radius 1 is 0.949 bits per heavy atom. The maximum Gasteiger partial charge on any atom is 0.397 e. The first-order valence-electron chi connectivity index (χ1n) is 14.5. The number of aliphatic hydroxyl groups excluding tert-OH is 1. The molecular formula is C30H46O8S. The zero-order valence-corrected chi connectivity index (χ0v) is 25.2. The van der Waals surface area contributed by atoms with Crippen LogP contribution in [0.4, 0.5) is 0 Å². The normalized spacial score (nSPS) is 51.1. The van der Waals surface area contributed by atoms with Crippen LogP contribution in [0, 0.1) is 50.2 Å². The second kappa shape index (κ2) is 8.39. The minimum absolute atomic E-state index is 0.00478. The van der Waals surface area contributed by atoms with Gasteiger partial charge < -0.3 is 10.2 Å². The molecule has 0 aliphatic heterocycles. The van der Waals surface area contributed by atoms with Crippen LogP contribution in [-0.4, -0.2) is 47.1 Å². The van der Waals surface area contributed by atoms with Gasteiger partial charge in [0.25, 0.3) is 0 Å². The third-order valence-corrected chi connectivity index (χ3v) is 13.8. The number of carbonyl (C=O) groups excluding carboxylic acids is 1. The van der Waals surface area contributed by atoms with Gasteiger partial charge in [0, 0.05) is 11.3 Å². The average molecular weight is 567 g/mol. The van der Waals surface area contributed by atoms with E-state index in [0.29, 0.717) is 38.5 Å². The molecule has 220 valence electrons. The van der Waals surface area contributed by atoms with Crippen LogP contribution in [0.25, 0.3) is 0 Å². The van der Waals surface area contributed by atoms with Crippen LogP contribution in [0.15, 0.2) is 11.6 Å². The summed E-state index contributed by atoms with van der Waals surface area (Å²) >= 11 is 0. The molecule has 4 fully saturated rings. The van der Waals surface area contributed by atoms with Crippen LogP contribution in [0.2, 0.25) is 0 Å². The summed E-state index contributed by atoms with van der Waals surface area (Å²) in [5.74, 6) is -1.27. The van der Waals surface area contributed by atoms with Crippen LogP contribution in [0.1, 0.15) is 99.8 Å². The van der Waals surface area contributed by atoms with Crippen molar-refractivity contribution >= 4 is 22.2 Å². The van der Waals surface area contributed by atoms with Crippen molar-refractivity contribution in [3.63, 3.8) is 0 Å². The van der Waals surface area contributed by atoms with Crippen molar-refractivity contribution in [2.24, 2.45) is 50.2 Å². The van der Waals surface area contributed by atoms with E-state index in [-0.39, 0.29) is 23.5 Å². The van der Waals surface area contributed by atoms with Crippen molar-refractivity contribution in [3.05, 3.63) is 11.6 Å². The number of hydrogen-bond donors (Lipinski definition) is 3. The summed E-state index contributed by atoms with van der Waals surface area (Å²) in [6.45, 7) is 14.4. The molecular weight excluding hydrogens is 520 g/mol. The number of rotatable bonds is 3. The maximum absolute atomic E-state index is 14.3. The van der Waals surface area contributed by atoms with Gasteiger partial charge >= 0.3 is 16.4 Å². The number of hydrogen-bond acceptors (Lipinski definition) is 6. The lowest BCUT2D eigenvalue weighted by atomic mass is 9.33. The second-order valence-electron chi connectivity index (χ2n) is 15.5. The van der Waals surface area contributed by atoms with E-state index >= 15 is 0 Å². The molecule has 0 amide bonds. The smallest absolute Gasteiger partial charge is 0.397 e. The van der Waals surface area contributed by atoms with E-state index in [9.17, 15) is 32.8 Å². The predicted octanol–water partition coefficient (Wildman–Crippen LogP) is 5.21. The van der Waals surface area contributed by atoms with E-state index in [1.807, 2.05) is 19.9 Å². The van der Waals surface area contributed by atoms with Crippen molar-refractivity contribution < 1.29 is 37.0 Å². The van der Waals surface area contributed by atoms with Gasteiger partial charge in [-0.1, -0.05) is 47.1 Å². The van der Waals surface area contributed by atoms with E-state index in [0.717, 1.165) is 18.4 Å². The number of ketones is 1. The monoisotopic (exact) mass is 566 g/mol. The van der Waals surface area contributed by atoms with E-state index in [4.69, 9.17) is 4.18 Å². The number of carboxylic acids is 1. The SMILES string of the molecule is CC1(C)[C@@H](OS(=O)(=O)O)CC[C@]2(C)[C@H]3C(=O)C=C4[C@@H]5C[C@@](C)(C(=O)O)CC[C@]5(C)[C@H](O)C[C@@]4(C)[C@]3(C)CC[C@@H]12. The van der Waals surface area contributed by atoms with Crippen molar-refractivity contribution in [1.29, 1.82) is 0 Å². The van der Waals surface area contributed by atoms with Crippen LogP contribution in [-0.2, 0) is 24.2 Å². The number of aliphatic carboxylic acids is 1. The van der Waals surface area contributed by atoms with E-state index < -0.39 is 61.1 Å². The molecule has 0 aromatic heterocycles. The first kappa shape index (κ1) is 29.2. The Hall–Kier alpha value is -1.29. The molecule has 0 spiro atoms. The predicted molar refractivity (Wildman–Crippen MR) is 145 cm³/mol. The quantitative estimate of drug-likeness (QED) is 0.396. The molecule has 0 bridgehead atoms. The minimum Gasteiger partial charge on any atom is -0.481 e. The molecule has 0 saturated heterocycles. The highest BCUT2D eigenvalue weighted by Gasteiger charge is 2.71. The van der Waals surface area contributed by atoms with Gasteiger partial charge in [-0.25, -0.2) is 4.18 Å². The molecule has 5 aliphatic rings. The zero-order valence-electron chi connectivity index (χ0n) is 24.4. The van der Waals surface area contributed by atoms with E-state index in [1.54, 1.807) is 6.92 Å². The summed E-state index contributed by atoms with van der Waals surface area (Å²) in [7, 11) is -4.61. The van der Waals surface area contributed by atoms with E-state index in [2.05, 4.69) is 27.7 Å². The van der Waals surface area contributed by atoms with Crippen LogP contribution >= 0.6 is 0 Å². The van der Waals surface area contributed by atoms with Gasteiger partial charge in [0.2, 0.25) is 0 Å². The Labute approximate surface area is 232 Å². The lowest BCUT2D eigenvalue weighted by Gasteiger charge is -2.71. The van der Waals surface area contributed by atoms with Crippen molar-refractivity contribution in [2.75, 3.05) is 0 Å². The first-order valence-corrected chi connectivity index (χ1v) is 15.9. The van der Waals surface area contributed by atoms with Crippen molar-refractivity contribution in [2.45, 2.75) is 112 Å². The topological polar surface area (TPSA) is 138 Å². The first-order chi connectivity index (χ1) is 17.7. The van der Waals surface area contributed by atoms with Crippen molar-refractivity contribution in [3.8, 4) is 0 Å². The molecule has 10 atom stereocenters. The number of fused-ring (bicyclic) bond motifs is 7. The fraction of sp³-hybridized carbons (Fsp3) is 0.867. The summed E-state index contributed by atoms with van der Waals surface area (Å²) in [4.78, 5) is 26.6. The third kappa shape index (κ3) is 3.81. The highest BCUT2D eigenvalue weighted by molar-refractivity contribution is 7.80. The minimum atomic E-state index is -4.61. The summed E-state index contributed by atoms with van der Waals surface area (Å²) < 4.78 is 37.8. The molecule has 0 aromatic carbocycles. The fourth-order valence-electron chi connectivity index (χ4n) is 10.7. The molecule has 3 N–H and O–H groups in total. The number of carboxylic acid groups (broad SMARTS) is 1. The maximum atomic E-state index is 14.3. The summed E-state index contributed by atoms with van der Waals surface area (Å²) in [6.07, 6.45) is 5.10. The van der Waals surface area contributed by atoms with Gasteiger partial charge in [-0.05, 0) is 97.9 Å². The zero-order chi connectivity index (χ0) is 29.2. The summed E-state index contributed by atoms with van der Waals surface area (Å²) in [6, 6.07) is 0. The Kier molecular flexibility index (Phi) is 6.28. The van der Waals surface area contributed by atoms with Gasteiger partial charge in [0.1, 0.15) is 0 Å². The Bertz CT molecular complexity index is 1240. The molecule has 9 heteroatoms. The van der Waals surface area contributed by atoms with Crippen LogP contribution in [0.3, 0.4) is 0 Å². The molecule has 4 saturated carbocycles.